The summed E-state index contributed by atoms with van der Waals surface area (Å²) in [6.07, 6.45) is 1.31. The van der Waals surface area contributed by atoms with Gasteiger partial charge in [0.2, 0.25) is 10.0 Å². The summed E-state index contributed by atoms with van der Waals surface area (Å²) in [7, 11) is -3.84. The molecule has 0 spiro atoms. The lowest BCUT2D eigenvalue weighted by Crippen LogP contribution is -2.63. The van der Waals surface area contributed by atoms with E-state index in [2.05, 4.69) is 0 Å². The maximum absolute atomic E-state index is 13.1. The third-order valence-corrected chi connectivity index (χ3v) is 5.44. The van der Waals surface area contributed by atoms with Crippen LogP contribution in [0.3, 0.4) is 0 Å². The molecule has 4 nitrogen and oxygen atoms in total. The minimum atomic E-state index is -3.84. The summed E-state index contributed by atoms with van der Waals surface area (Å²) < 4.78 is 38.7. The largest absolute Gasteiger partial charge is 0.387 e. The van der Waals surface area contributed by atoms with E-state index in [9.17, 15) is 17.9 Å². The third kappa shape index (κ3) is 2.76. The summed E-state index contributed by atoms with van der Waals surface area (Å²) in [4.78, 5) is -0.257. The zero-order valence-electron chi connectivity index (χ0n) is 10.4. The van der Waals surface area contributed by atoms with Gasteiger partial charge in [-0.3, -0.25) is 0 Å². The Labute approximate surface area is 116 Å². The first-order valence-electron chi connectivity index (χ1n) is 5.96. The van der Waals surface area contributed by atoms with Crippen molar-refractivity contribution in [3.63, 3.8) is 0 Å². The maximum atomic E-state index is 13.1. The van der Waals surface area contributed by atoms with Gasteiger partial charge in [-0.2, -0.15) is 4.31 Å². The van der Waals surface area contributed by atoms with Crippen LogP contribution >= 0.6 is 11.6 Å². The van der Waals surface area contributed by atoms with E-state index < -0.39 is 21.4 Å². The lowest BCUT2D eigenvalue weighted by Gasteiger charge is -2.45. The first-order valence-corrected chi connectivity index (χ1v) is 7.78. The van der Waals surface area contributed by atoms with Gasteiger partial charge >= 0.3 is 0 Å². The monoisotopic (exact) mass is 307 g/mol. The van der Waals surface area contributed by atoms with Crippen LogP contribution < -0.4 is 0 Å². The molecule has 0 amide bonds. The molecule has 0 atom stereocenters. The van der Waals surface area contributed by atoms with Crippen LogP contribution in [0.15, 0.2) is 23.1 Å². The van der Waals surface area contributed by atoms with Gasteiger partial charge < -0.3 is 5.11 Å². The molecule has 19 heavy (non-hydrogen) atoms. The van der Waals surface area contributed by atoms with Crippen LogP contribution in [0.2, 0.25) is 5.02 Å². The summed E-state index contributed by atoms with van der Waals surface area (Å²) >= 11 is 5.80. The maximum Gasteiger partial charge on any atom is 0.244 e. The number of sulfonamides is 1. The van der Waals surface area contributed by atoms with Crippen molar-refractivity contribution in [2.45, 2.75) is 30.3 Å². The summed E-state index contributed by atoms with van der Waals surface area (Å²) in [6.45, 7) is 1.96. The van der Waals surface area contributed by atoms with E-state index in [4.69, 9.17) is 11.6 Å². The number of halogens is 2. The van der Waals surface area contributed by atoms with Crippen LogP contribution in [0.1, 0.15) is 19.8 Å². The normalized spacial score (nSPS) is 19.2. The van der Waals surface area contributed by atoms with Crippen molar-refractivity contribution in [2.24, 2.45) is 0 Å². The van der Waals surface area contributed by atoms with Gasteiger partial charge in [0.1, 0.15) is 10.7 Å². The fourth-order valence-corrected chi connectivity index (χ4v) is 4.30. The number of nitrogens with zero attached hydrogens (tertiary/aromatic N) is 1. The van der Waals surface area contributed by atoms with Crippen molar-refractivity contribution in [3.05, 3.63) is 29.0 Å². The Bertz CT molecular complexity index is 585. The van der Waals surface area contributed by atoms with E-state index in [1.807, 2.05) is 6.92 Å². The molecule has 1 aromatic carbocycles. The number of benzene rings is 1. The number of hydrogen-bond donors (Lipinski definition) is 1. The number of hydrogen-bond acceptors (Lipinski definition) is 3. The lowest BCUT2D eigenvalue weighted by atomic mass is 9.92. The highest BCUT2D eigenvalue weighted by atomic mass is 35.5. The molecule has 106 valence electrons. The molecule has 1 N–H and O–H groups in total. The van der Waals surface area contributed by atoms with Gasteiger partial charge in [0.15, 0.2) is 0 Å². The van der Waals surface area contributed by atoms with Crippen molar-refractivity contribution in [3.8, 4) is 0 Å². The molecule has 7 heteroatoms. The van der Waals surface area contributed by atoms with Crippen LogP contribution in [-0.2, 0) is 10.0 Å². The molecule has 1 aliphatic heterocycles. The highest BCUT2D eigenvalue weighted by molar-refractivity contribution is 7.89. The molecule has 1 aromatic rings. The Morgan fingerprint density at radius 2 is 2.11 bits per heavy atom. The molecule has 2 rings (SSSR count). The molecular weight excluding hydrogens is 293 g/mol. The fraction of sp³-hybridized carbons (Fsp3) is 0.500. The zero-order valence-corrected chi connectivity index (χ0v) is 12.0. The Morgan fingerprint density at radius 3 is 2.68 bits per heavy atom. The SMILES string of the molecule is CCCC1(O)CN(S(=O)(=O)c2cc(F)ccc2Cl)C1. The summed E-state index contributed by atoms with van der Waals surface area (Å²) in [5.74, 6) is -0.660. The Hall–Kier alpha value is -0.690. The van der Waals surface area contributed by atoms with Crippen LogP contribution in [-0.4, -0.2) is 36.5 Å². The van der Waals surface area contributed by atoms with Gasteiger partial charge in [0.25, 0.3) is 0 Å². The van der Waals surface area contributed by atoms with E-state index in [0.717, 1.165) is 22.9 Å². The van der Waals surface area contributed by atoms with E-state index in [1.54, 1.807) is 0 Å². The predicted molar refractivity (Wildman–Crippen MR) is 70.0 cm³/mol. The Morgan fingerprint density at radius 1 is 1.47 bits per heavy atom. The molecule has 1 saturated heterocycles. The van der Waals surface area contributed by atoms with Gasteiger partial charge in [0, 0.05) is 13.1 Å². The molecule has 0 aliphatic carbocycles. The van der Waals surface area contributed by atoms with Crippen LogP contribution in [0.4, 0.5) is 4.39 Å². The summed E-state index contributed by atoms with van der Waals surface area (Å²) in [5, 5.41) is 9.98. The highest BCUT2D eigenvalue weighted by Gasteiger charge is 2.47. The van der Waals surface area contributed by atoms with Crippen molar-refractivity contribution in [2.75, 3.05) is 13.1 Å². The smallest absolute Gasteiger partial charge is 0.244 e. The second-order valence-electron chi connectivity index (χ2n) is 4.82. The topological polar surface area (TPSA) is 57.6 Å². The number of β-amino-alcohol motifs (C(OH)–C–C–N with tert-alkyl or cyclic N) is 1. The van der Waals surface area contributed by atoms with E-state index >= 15 is 0 Å². The van der Waals surface area contributed by atoms with E-state index in [1.165, 1.54) is 6.07 Å². The van der Waals surface area contributed by atoms with Gasteiger partial charge in [0.05, 0.1) is 10.6 Å². The van der Waals surface area contributed by atoms with Gasteiger partial charge in [-0.05, 0) is 24.6 Å². The standard InChI is InChI=1S/C12H15ClFNO3S/c1-2-5-12(16)7-15(8-12)19(17,18)11-6-9(14)3-4-10(11)13/h3-4,6,16H,2,5,7-8H2,1H3. The Kier molecular flexibility index (Phi) is 3.88. The molecule has 1 heterocycles. The molecule has 0 saturated carbocycles. The second-order valence-corrected chi connectivity index (χ2v) is 7.14. The van der Waals surface area contributed by atoms with Crippen LogP contribution in [0.25, 0.3) is 0 Å². The zero-order chi connectivity index (χ0) is 14.3. The first kappa shape index (κ1) is 14.7. The average Bonchev–Trinajstić information content (AvgIpc) is 2.29. The molecule has 0 bridgehead atoms. The van der Waals surface area contributed by atoms with Crippen molar-refractivity contribution in [1.82, 2.24) is 4.31 Å². The fourth-order valence-electron chi connectivity index (χ4n) is 2.22. The minimum absolute atomic E-state index is 0.0210. The molecular formula is C12H15ClFNO3S. The molecule has 1 fully saturated rings. The minimum Gasteiger partial charge on any atom is -0.387 e. The summed E-state index contributed by atoms with van der Waals surface area (Å²) in [5.41, 5.74) is -0.971. The summed E-state index contributed by atoms with van der Waals surface area (Å²) in [6, 6.07) is 3.21. The highest BCUT2D eigenvalue weighted by Crippen LogP contribution is 2.33. The first-order chi connectivity index (χ1) is 8.78. The molecule has 0 aromatic heterocycles. The molecule has 0 radical (unpaired) electrons. The number of rotatable bonds is 4. The van der Waals surface area contributed by atoms with E-state index in [0.29, 0.717) is 6.42 Å². The Balaban J connectivity index is 2.24. The molecule has 0 unspecified atom stereocenters. The molecule has 1 aliphatic rings. The predicted octanol–water partition coefficient (Wildman–Crippen LogP) is 2.01. The lowest BCUT2D eigenvalue weighted by molar-refractivity contribution is -0.0653. The van der Waals surface area contributed by atoms with Gasteiger partial charge in [-0.25, -0.2) is 12.8 Å². The van der Waals surface area contributed by atoms with Crippen LogP contribution in [0.5, 0.6) is 0 Å². The van der Waals surface area contributed by atoms with Gasteiger partial charge in [-0.1, -0.05) is 24.9 Å². The van der Waals surface area contributed by atoms with Crippen molar-refractivity contribution < 1.29 is 17.9 Å². The van der Waals surface area contributed by atoms with Crippen molar-refractivity contribution >= 4 is 21.6 Å². The van der Waals surface area contributed by atoms with E-state index in [-0.39, 0.29) is 23.0 Å². The number of aliphatic hydroxyl groups is 1. The average molecular weight is 308 g/mol. The van der Waals surface area contributed by atoms with Crippen molar-refractivity contribution in [1.29, 1.82) is 0 Å². The quantitative estimate of drug-likeness (QED) is 0.926. The van der Waals surface area contributed by atoms with Crippen LogP contribution in [0, 0.1) is 5.82 Å². The second kappa shape index (κ2) is 5.01. The van der Waals surface area contributed by atoms with Gasteiger partial charge in [-0.15, -0.1) is 0 Å². The third-order valence-electron chi connectivity index (χ3n) is 3.17.